The molecule has 5 nitrogen and oxygen atoms in total. The van der Waals surface area contributed by atoms with Crippen LogP contribution in [0.15, 0.2) is 29.2 Å². The number of hydrogen-bond acceptors (Lipinski definition) is 4. The summed E-state index contributed by atoms with van der Waals surface area (Å²) in [5.74, 6) is 0.181. The van der Waals surface area contributed by atoms with E-state index in [0.29, 0.717) is 23.5 Å². The molecule has 3 unspecified atom stereocenters. The summed E-state index contributed by atoms with van der Waals surface area (Å²) in [4.78, 5) is 12.5. The molecule has 3 atom stereocenters. The maximum absolute atomic E-state index is 12.2. The molecule has 0 aromatic heterocycles. The van der Waals surface area contributed by atoms with Crippen LogP contribution in [-0.4, -0.2) is 32.7 Å². The highest BCUT2D eigenvalue weighted by Crippen LogP contribution is 2.33. The average Bonchev–Trinajstić information content (AvgIpc) is 3.07. The minimum atomic E-state index is -3.17. The van der Waals surface area contributed by atoms with Crippen molar-refractivity contribution >= 4 is 15.7 Å². The molecule has 0 radical (unpaired) electrons. The Hall–Kier alpha value is -1.40. The number of fused-ring (bicyclic) bond motifs is 2. The monoisotopic (exact) mass is 308 g/mol. The Morgan fingerprint density at radius 3 is 2.52 bits per heavy atom. The van der Waals surface area contributed by atoms with Gasteiger partial charge in [-0.25, -0.2) is 8.42 Å². The zero-order chi connectivity index (χ0) is 15.0. The molecule has 6 heteroatoms. The molecular formula is C15H20N2O3S. The van der Waals surface area contributed by atoms with E-state index in [2.05, 4.69) is 10.6 Å². The molecule has 2 bridgehead atoms. The Morgan fingerprint density at radius 2 is 2.00 bits per heavy atom. The van der Waals surface area contributed by atoms with E-state index in [1.54, 1.807) is 24.3 Å². The lowest BCUT2D eigenvalue weighted by Crippen LogP contribution is -2.37. The number of rotatable bonds is 4. The molecule has 1 aromatic carbocycles. The number of sulfone groups is 1. The van der Waals surface area contributed by atoms with E-state index in [-0.39, 0.29) is 11.8 Å². The lowest BCUT2D eigenvalue weighted by molar-refractivity contribution is -0.125. The second-order valence-electron chi connectivity index (χ2n) is 6.02. The van der Waals surface area contributed by atoms with Crippen LogP contribution >= 0.6 is 0 Å². The molecule has 2 aliphatic rings. The highest BCUT2D eigenvalue weighted by Gasteiger charge is 2.42. The number of hydrogen-bond donors (Lipinski definition) is 2. The van der Waals surface area contributed by atoms with Crippen molar-refractivity contribution in [2.45, 2.75) is 42.8 Å². The number of nitrogens with one attached hydrogen (secondary N) is 2. The third-order valence-corrected chi connectivity index (χ3v) is 5.58. The van der Waals surface area contributed by atoms with E-state index in [1.165, 1.54) is 12.7 Å². The van der Waals surface area contributed by atoms with E-state index in [9.17, 15) is 13.2 Å². The van der Waals surface area contributed by atoms with E-state index in [1.807, 2.05) is 0 Å². The van der Waals surface area contributed by atoms with Gasteiger partial charge in [0.1, 0.15) is 0 Å². The molecule has 2 fully saturated rings. The fraction of sp³-hybridized carbons (Fsp3) is 0.533. The highest BCUT2D eigenvalue weighted by atomic mass is 32.2. The van der Waals surface area contributed by atoms with Crippen LogP contribution < -0.4 is 10.6 Å². The SMILES string of the molecule is CS(=O)(=O)c1ccc(CNC(=O)C2CC3CCC2N3)cc1. The van der Waals surface area contributed by atoms with Gasteiger partial charge in [0.2, 0.25) is 5.91 Å². The fourth-order valence-corrected chi connectivity index (χ4v) is 3.92. The van der Waals surface area contributed by atoms with Crippen molar-refractivity contribution < 1.29 is 13.2 Å². The predicted molar refractivity (Wildman–Crippen MR) is 79.5 cm³/mol. The Labute approximate surface area is 125 Å². The van der Waals surface area contributed by atoms with Gasteiger partial charge in [-0.3, -0.25) is 4.79 Å². The van der Waals surface area contributed by atoms with Crippen molar-refractivity contribution in [3.63, 3.8) is 0 Å². The standard InChI is InChI=1S/C15H20N2O3S/c1-21(19,20)12-5-2-10(3-6-12)9-16-15(18)13-8-11-4-7-14(13)17-11/h2-3,5-6,11,13-14,17H,4,7-9H2,1H3,(H,16,18). The molecule has 2 heterocycles. The number of carbonyl (C=O) groups excluding carboxylic acids is 1. The summed E-state index contributed by atoms with van der Waals surface area (Å²) in [6.07, 6.45) is 4.39. The first-order valence-corrected chi connectivity index (χ1v) is 9.15. The van der Waals surface area contributed by atoms with Crippen LogP contribution in [0.2, 0.25) is 0 Å². The van der Waals surface area contributed by atoms with Crippen LogP contribution in [0.5, 0.6) is 0 Å². The molecule has 21 heavy (non-hydrogen) atoms. The molecule has 114 valence electrons. The average molecular weight is 308 g/mol. The smallest absolute Gasteiger partial charge is 0.225 e. The fourth-order valence-electron chi connectivity index (χ4n) is 3.29. The van der Waals surface area contributed by atoms with Crippen molar-refractivity contribution in [2.24, 2.45) is 5.92 Å². The largest absolute Gasteiger partial charge is 0.352 e. The molecule has 1 aromatic rings. The van der Waals surface area contributed by atoms with Crippen molar-refractivity contribution in [1.29, 1.82) is 0 Å². The molecule has 0 aliphatic carbocycles. The summed E-state index contributed by atoms with van der Waals surface area (Å²) >= 11 is 0. The molecular weight excluding hydrogens is 288 g/mol. The molecule has 0 saturated carbocycles. The molecule has 2 aliphatic heterocycles. The first kappa shape index (κ1) is 14.5. The van der Waals surface area contributed by atoms with E-state index in [0.717, 1.165) is 18.4 Å². The molecule has 1 amide bonds. The number of amides is 1. The van der Waals surface area contributed by atoms with Crippen molar-refractivity contribution in [2.75, 3.05) is 6.26 Å². The summed E-state index contributed by atoms with van der Waals surface area (Å²) in [6, 6.07) is 7.50. The molecule has 2 N–H and O–H groups in total. The normalized spacial score (nSPS) is 27.8. The van der Waals surface area contributed by atoms with Gasteiger partial charge in [0.25, 0.3) is 0 Å². The predicted octanol–water partition coefficient (Wildman–Crippen LogP) is 0.847. The highest BCUT2D eigenvalue weighted by molar-refractivity contribution is 7.90. The maximum Gasteiger partial charge on any atom is 0.225 e. The van der Waals surface area contributed by atoms with Crippen LogP contribution in [-0.2, 0) is 21.2 Å². The van der Waals surface area contributed by atoms with Crippen molar-refractivity contribution in [3.05, 3.63) is 29.8 Å². The maximum atomic E-state index is 12.2. The second kappa shape index (κ2) is 5.42. The summed E-state index contributed by atoms with van der Waals surface area (Å²) in [7, 11) is -3.17. The van der Waals surface area contributed by atoms with Crippen LogP contribution in [0.3, 0.4) is 0 Å². The van der Waals surface area contributed by atoms with Gasteiger partial charge in [0.15, 0.2) is 9.84 Å². The Morgan fingerprint density at radius 1 is 1.29 bits per heavy atom. The lowest BCUT2D eigenvalue weighted by atomic mass is 9.88. The summed E-state index contributed by atoms with van der Waals surface area (Å²) < 4.78 is 22.8. The minimum Gasteiger partial charge on any atom is -0.352 e. The Bertz CT molecular complexity index is 639. The van der Waals surface area contributed by atoms with Gasteiger partial charge in [-0.05, 0) is 37.0 Å². The van der Waals surface area contributed by atoms with Gasteiger partial charge >= 0.3 is 0 Å². The van der Waals surface area contributed by atoms with Gasteiger partial charge in [-0.2, -0.15) is 0 Å². The van der Waals surface area contributed by atoms with Crippen LogP contribution in [0.1, 0.15) is 24.8 Å². The summed E-state index contributed by atoms with van der Waals surface area (Å²) in [5, 5.41) is 6.41. The number of benzene rings is 1. The first-order valence-electron chi connectivity index (χ1n) is 7.26. The lowest BCUT2D eigenvalue weighted by Gasteiger charge is -2.19. The van der Waals surface area contributed by atoms with Gasteiger partial charge < -0.3 is 10.6 Å². The van der Waals surface area contributed by atoms with E-state index < -0.39 is 9.84 Å². The summed E-state index contributed by atoms with van der Waals surface area (Å²) in [6.45, 7) is 0.441. The van der Waals surface area contributed by atoms with Gasteiger partial charge in [-0.15, -0.1) is 0 Å². The van der Waals surface area contributed by atoms with Crippen LogP contribution in [0.4, 0.5) is 0 Å². The van der Waals surface area contributed by atoms with Gasteiger partial charge in [-0.1, -0.05) is 12.1 Å². The van der Waals surface area contributed by atoms with Crippen molar-refractivity contribution in [1.82, 2.24) is 10.6 Å². The van der Waals surface area contributed by atoms with Crippen molar-refractivity contribution in [3.8, 4) is 0 Å². The van der Waals surface area contributed by atoms with Gasteiger partial charge in [0.05, 0.1) is 10.8 Å². The topological polar surface area (TPSA) is 75.3 Å². The zero-order valence-electron chi connectivity index (χ0n) is 12.0. The zero-order valence-corrected chi connectivity index (χ0v) is 12.8. The molecule has 0 spiro atoms. The van der Waals surface area contributed by atoms with Gasteiger partial charge in [0, 0.05) is 24.9 Å². The van der Waals surface area contributed by atoms with E-state index >= 15 is 0 Å². The van der Waals surface area contributed by atoms with Crippen LogP contribution in [0, 0.1) is 5.92 Å². The number of carbonyl (C=O) groups is 1. The Kier molecular flexibility index (Phi) is 3.75. The van der Waals surface area contributed by atoms with E-state index in [4.69, 9.17) is 0 Å². The Balaban J connectivity index is 1.56. The quantitative estimate of drug-likeness (QED) is 0.864. The summed E-state index contributed by atoms with van der Waals surface area (Å²) in [5.41, 5.74) is 0.909. The van der Waals surface area contributed by atoms with Crippen LogP contribution in [0.25, 0.3) is 0 Å². The third kappa shape index (κ3) is 3.11. The molecule has 2 saturated heterocycles. The second-order valence-corrected chi connectivity index (χ2v) is 8.04. The minimum absolute atomic E-state index is 0.0824. The first-order chi connectivity index (χ1) is 9.93. The molecule has 3 rings (SSSR count). The third-order valence-electron chi connectivity index (χ3n) is 4.46.